The summed E-state index contributed by atoms with van der Waals surface area (Å²) in [6, 6.07) is 9.97. The Bertz CT molecular complexity index is 795. The zero-order valence-electron chi connectivity index (χ0n) is 11.3. The lowest BCUT2D eigenvalue weighted by Gasteiger charge is -2.03. The van der Waals surface area contributed by atoms with Crippen molar-refractivity contribution in [2.24, 2.45) is 0 Å². The summed E-state index contributed by atoms with van der Waals surface area (Å²) in [6.45, 7) is 0. The van der Waals surface area contributed by atoms with Gasteiger partial charge in [0.2, 0.25) is 0 Å². The number of aromatic nitrogens is 4. The fraction of sp³-hybridized carbons (Fsp3) is 0.188. The van der Waals surface area contributed by atoms with E-state index in [1.807, 2.05) is 41.2 Å². The van der Waals surface area contributed by atoms with Crippen molar-refractivity contribution < 1.29 is 0 Å². The van der Waals surface area contributed by atoms with Crippen LogP contribution in [0.1, 0.15) is 17.7 Å². The van der Waals surface area contributed by atoms with E-state index in [0.717, 1.165) is 41.8 Å². The van der Waals surface area contributed by atoms with Crippen LogP contribution in [0.2, 0.25) is 5.15 Å². The standard InChI is InChI=1S/C16H13ClN4/c17-15-13-7-4-8-14(13)19-16(20-15)11-9-18-21(10-11)12-5-2-1-3-6-12/h1-3,5-6,9-10H,4,7-8H2. The molecule has 0 unspecified atom stereocenters. The highest BCUT2D eigenvalue weighted by Crippen LogP contribution is 2.28. The number of aryl methyl sites for hydroxylation is 1. The van der Waals surface area contributed by atoms with Gasteiger partial charge in [-0.2, -0.15) is 5.10 Å². The maximum atomic E-state index is 6.27. The molecule has 0 N–H and O–H groups in total. The number of rotatable bonds is 2. The van der Waals surface area contributed by atoms with Gasteiger partial charge in [0.05, 0.1) is 17.4 Å². The van der Waals surface area contributed by atoms with Crippen molar-refractivity contribution in [1.29, 1.82) is 0 Å². The number of halogens is 1. The van der Waals surface area contributed by atoms with Crippen LogP contribution in [0.25, 0.3) is 17.1 Å². The van der Waals surface area contributed by atoms with Crippen molar-refractivity contribution in [2.45, 2.75) is 19.3 Å². The highest BCUT2D eigenvalue weighted by molar-refractivity contribution is 6.30. The van der Waals surface area contributed by atoms with Crippen LogP contribution in [0.3, 0.4) is 0 Å². The van der Waals surface area contributed by atoms with E-state index in [9.17, 15) is 0 Å². The first-order valence-corrected chi connectivity index (χ1v) is 7.35. The normalized spacial score (nSPS) is 13.4. The molecule has 3 aromatic rings. The molecule has 2 heterocycles. The van der Waals surface area contributed by atoms with Crippen LogP contribution in [0.4, 0.5) is 0 Å². The van der Waals surface area contributed by atoms with Gasteiger partial charge in [-0.1, -0.05) is 29.8 Å². The third-order valence-corrected chi connectivity index (χ3v) is 4.06. The Balaban J connectivity index is 1.75. The third-order valence-electron chi connectivity index (χ3n) is 3.74. The van der Waals surface area contributed by atoms with Crippen molar-refractivity contribution >= 4 is 11.6 Å². The minimum atomic E-state index is 0.583. The minimum absolute atomic E-state index is 0.583. The van der Waals surface area contributed by atoms with E-state index in [4.69, 9.17) is 11.6 Å². The molecule has 0 amide bonds. The molecule has 0 saturated carbocycles. The molecular formula is C16H13ClN4. The summed E-state index contributed by atoms with van der Waals surface area (Å²) >= 11 is 6.27. The molecule has 0 radical (unpaired) electrons. The number of hydrogen-bond acceptors (Lipinski definition) is 3. The molecule has 21 heavy (non-hydrogen) atoms. The smallest absolute Gasteiger partial charge is 0.164 e. The average molecular weight is 297 g/mol. The highest BCUT2D eigenvalue weighted by atomic mass is 35.5. The average Bonchev–Trinajstić information content (AvgIpc) is 3.17. The van der Waals surface area contributed by atoms with Crippen molar-refractivity contribution in [3.05, 3.63) is 59.1 Å². The second-order valence-corrected chi connectivity index (χ2v) is 5.48. The fourth-order valence-corrected chi connectivity index (χ4v) is 2.96. The first-order chi connectivity index (χ1) is 10.3. The van der Waals surface area contributed by atoms with E-state index in [-0.39, 0.29) is 0 Å². The van der Waals surface area contributed by atoms with E-state index < -0.39 is 0 Å². The molecule has 0 aliphatic heterocycles. The monoisotopic (exact) mass is 296 g/mol. The van der Waals surface area contributed by atoms with Gasteiger partial charge in [-0.05, 0) is 31.4 Å². The molecule has 1 aliphatic carbocycles. The van der Waals surface area contributed by atoms with Gasteiger partial charge in [0, 0.05) is 17.5 Å². The summed E-state index contributed by atoms with van der Waals surface area (Å²) in [5.74, 6) is 0.655. The summed E-state index contributed by atoms with van der Waals surface area (Å²) in [5, 5.41) is 4.96. The van der Waals surface area contributed by atoms with Gasteiger partial charge >= 0.3 is 0 Å². The van der Waals surface area contributed by atoms with Crippen LogP contribution in [0.15, 0.2) is 42.7 Å². The second kappa shape index (κ2) is 4.97. The van der Waals surface area contributed by atoms with Gasteiger partial charge in [-0.25, -0.2) is 14.6 Å². The summed E-state index contributed by atoms with van der Waals surface area (Å²) in [5.41, 5.74) is 4.08. The van der Waals surface area contributed by atoms with Crippen LogP contribution in [0.5, 0.6) is 0 Å². The van der Waals surface area contributed by atoms with Gasteiger partial charge < -0.3 is 0 Å². The highest BCUT2D eigenvalue weighted by Gasteiger charge is 2.19. The van der Waals surface area contributed by atoms with Crippen LogP contribution in [-0.4, -0.2) is 19.7 Å². The quantitative estimate of drug-likeness (QED) is 0.680. The number of benzene rings is 1. The minimum Gasteiger partial charge on any atom is -0.240 e. The first kappa shape index (κ1) is 12.5. The predicted octanol–water partition coefficient (Wildman–Crippen LogP) is 3.47. The van der Waals surface area contributed by atoms with Crippen molar-refractivity contribution in [1.82, 2.24) is 19.7 Å². The van der Waals surface area contributed by atoms with E-state index in [0.29, 0.717) is 11.0 Å². The first-order valence-electron chi connectivity index (χ1n) is 6.97. The Morgan fingerprint density at radius 1 is 1.05 bits per heavy atom. The third kappa shape index (κ3) is 2.21. The summed E-state index contributed by atoms with van der Waals surface area (Å²) in [6.07, 6.45) is 6.79. The summed E-state index contributed by atoms with van der Waals surface area (Å²) in [4.78, 5) is 9.07. The fourth-order valence-electron chi connectivity index (χ4n) is 2.68. The molecule has 0 bridgehead atoms. The molecule has 4 nitrogen and oxygen atoms in total. The molecule has 1 aromatic carbocycles. The van der Waals surface area contributed by atoms with E-state index in [2.05, 4.69) is 15.1 Å². The van der Waals surface area contributed by atoms with Gasteiger partial charge in [0.15, 0.2) is 5.82 Å². The number of nitrogens with zero attached hydrogens (tertiary/aromatic N) is 4. The summed E-state index contributed by atoms with van der Waals surface area (Å²) in [7, 11) is 0. The molecular weight excluding hydrogens is 284 g/mol. The van der Waals surface area contributed by atoms with E-state index in [1.165, 1.54) is 0 Å². The molecule has 4 rings (SSSR count). The lowest BCUT2D eigenvalue weighted by molar-refractivity contribution is 0.880. The van der Waals surface area contributed by atoms with Gasteiger partial charge in [-0.3, -0.25) is 0 Å². The van der Waals surface area contributed by atoms with Crippen LogP contribution < -0.4 is 0 Å². The largest absolute Gasteiger partial charge is 0.240 e. The SMILES string of the molecule is Clc1nc(-c2cnn(-c3ccccc3)c2)nc2c1CCC2. The van der Waals surface area contributed by atoms with Gasteiger partial charge in [0.1, 0.15) is 5.15 Å². The van der Waals surface area contributed by atoms with Gasteiger partial charge in [0.25, 0.3) is 0 Å². The van der Waals surface area contributed by atoms with Crippen molar-refractivity contribution in [3.8, 4) is 17.1 Å². The Kier molecular flexibility index (Phi) is 2.97. The lowest BCUT2D eigenvalue weighted by Crippen LogP contribution is -1.97. The Hall–Kier alpha value is -2.20. The molecule has 0 fully saturated rings. The summed E-state index contributed by atoms with van der Waals surface area (Å²) < 4.78 is 1.82. The zero-order valence-corrected chi connectivity index (χ0v) is 12.1. The Morgan fingerprint density at radius 2 is 1.90 bits per heavy atom. The van der Waals surface area contributed by atoms with Gasteiger partial charge in [-0.15, -0.1) is 0 Å². The van der Waals surface area contributed by atoms with E-state index in [1.54, 1.807) is 6.20 Å². The molecule has 0 saturated heterocycles. The van der Waals surface area contributed by atoms with Crippen LogP contribution in [-0.2, 0) is 12.8 Å². The lowest BCUT2D eigenvalue weighted by atomic mass is 10.2. The molecule has 1 aliphatic rings. The molecule has 0 atom stereocenters. The second-order valence-electron chi connectivity index (χ2n) is 5.13. The topological polar surface area (TPSA) is 43.6 Å². The maximum Gasteiger partial charge on any atom is 0.164 e. The number of hydrogen-bond donors (Lipinski definition) is 0. The van der Waals surface area contributed by atoms with Crippen molar-refractivity contribution in [2.75, 3.05) is 0 Å². The molecule has 2 aromatic heterocycles. The van der Waals surface area contributed by atoms with Crippen LogP contribution >= 0.6 is 11.6 Å². The van der Waals surface area contributed by atoms with E-state index >= 15 is 0 Å². The molecule has 0 spiro atoms. The van der Waals surface area contributed by atoms with Crippen molar-refractivity contribution in [3.63, 3.8) is 0 Å². The number of fused-ring (bicyclic) bond motifs is 1. The molecule has 104 valence electrons. The van der Waals surface area contributed by atoms with Crippen LogP contribution in [0, 0.1) is 0 Å². The zero-order chi connectivity index (χ0) is 14.2. The predicted molar refractivity (Wildman–Crippen MR) is 81.6 cm³/mol. The maximum absolute atomic E-state index is 6.27. The number of para-hydroxylation sites is 1. The Labute approximate surface area is 127 Å². The Morgan fingerprint density at radius 3 is 2.76 bits per heavy atom. The molecule has 5 heteroatoms.